The average molecular weight is 310 g/mol. The van der Waals surface area contributed by atoms with Gasteiger partial charge in [0.1, 0.15) is 5.82 Å². The summed E-state index contributed by atoms with van der Waals surface area (Å²) in [6.07, 6.45) is -0.844. The van der Waals surface area contributed by atoms with Gasteiger partial charge in [-0.2, -0.15) is 13.2 Å². The van der Waals surface area contributed by atoms with Crippen LogP contribution in [-0.2, 0) is 12.7 Å². The lowest BCUT2D eigenvalue weighted by Crippen LogP contribution is -2.05. The zero-order valence-corrected chi connectivity index (χ0v) is 11.1. The van der Waals surface area contributed by atoms with Crippen molar-refractivity contribution in [3.8, 4) is 0 Å². The zero-order chi connectivity index (χ0) is 15.7. The number of hydrogen-bond acceptors (Lipinski definition) is 3. The first-order chi connectivity index (χ1) is 10.4. The summed E-state index contributed by atoms with van der Waals surface area (Å²) >= 11 is 0. The number of fused-ring (bicyclic) bond motifs is 1. The summed E-state index contributed by atoms with van der Waals surface area (Å²) in [4.78, 5) is 7.56. The van der Waals surface area contributed by atoms with Crippen LogP contribution in [0.3, 0.4) is 0 Å². The molecule has 4 nitrogen and oxygen atoms in total. The molecule has 2 heterocycles. The predicted octanol–water partition coefficient (Wildman–Crippen LogP) is 3.50. The minimum atomic E-state index is -4.51. The second-order valence-electron chi connectivity index (χ2n) is 4.61. The summed E-state index contributed by atoms with van der Waals surface area (Å²) in [5, 5.41) is 2.90. The molecular formula is C14H10F4N4. The third-order valence-electron chi connectivity index (χ3n) is 3.04. The standard InChI is InChI=1S/C14H10F4N4/c15-10-3-1-9(2-4-10)7-20-12-13-21-11(14(16,17)18)8-22(13)6-5-19-12/h1-6,8H,7H2,(H,19,20). The summed E-state index contributed by atoms with van der Waals surface area (Å²) < 4.78 is 52.2. The van der Waals surface area contributed by atoms with E-state index in [9.17, 15) is 17.6 Å². The van der Waals surface area contributed by atoms with Crippen molar-refractivity contribution in [3.63, 3.8) is 0 Å². The van der Waals surface area contributed by atoms with Crippen LogP contribution in [0.4, 0.5) is 23.4 Å². The van der Waals surface area contributed by atoms with E-state index in [1.54, 1.807) is 12.1 Å². The van der Waals surface area contributed by atoms with Gasteiger partial charge in [-0.3, -0.25) is 0 Å². The Balaban J connectivity index is 1.87. The number of aromatic nitrogens is 3. The maximum Gasteiger partial charge on any atom is 0.434 e. The highest BCUT2D eigenvalue weighted by atomic mass is 19.4. The van der Waals surface area contributed by atoms with E-state index in [0.29, 0.717) is 6.54 Å². The SMILES string of the molecule is Fc1ccc(CNc2nccn3cc(C(F)(F)F)nc23)cc1. The molecule has 22 heavy (non-hydrogen) atoms. The Morgan fingerprint density at radius 2 is 1.86 bits per heavy atom. The number of halogens is 4. The summed E-state index contributed by atoms with van der Waals surface area (Å²) in [6.45, 7) is 0.293. The molecule has 0 saturated carbocycles. The van der Waals surface area contributed by atoms with Gasteiger partial charge in [0.15, 0.2) is 17.2 Å². The van der Waals surface area contributed by atoms with E-state index in [1.165, 1.54) is 28.9 Å². The van der Waals surface area contributed by atoms with Crippen LogP contribution in [0.5, 0.6) is 0 Å². The third-order valence-corrected chi connectivity index (χ3v) is 3.04. The Hall–Kier alpha value is -2.64. The van der Waals surface area contributed by atoms with Crippen molar-refractivity contribution in [2.45, 2.75) is 12.7 Å². The maximum absolute atomic E-state index is 12.8. The van der Waals surface area contributed by atoms with E-state index >= 15 is 0 Å². The first-order valence-electron chi connectivity index (χ1n) is 6.33. The minimum Gasteiger partial charge on any atom is -0.363 e. The molecule has 114 valence electrons. The molecule has 0 spiro atoms. The molecule has 0 aliphatic heterocycles. The van der Waals surface area contributed by atoms with E-state index in [2.05, 4.69) is 15.3 Å². The van der Waals surface area contributed by atoms with Crippen molar-refractivity contribution in [1.82, 2.24) is 14.4 Å². The Morgan fingerprint density at radius 3 is 2.55 bits per heavy atom. The van der Waals surface area contributed by atoms with Crippen LogP contribution in [0.15, 0.2) is 42.9 Å². The molecule has 0 aliphatic rings. The van der Waals surface area contributed by atoms with Gasteiger partial charge in [-0.1, -0.05) is 12.1 Å². The molecule has 1 aromatic carbocycles. The lowest BCUT2D eigenvalue weighted by molar-refractivity contribution is -0.140. The van der Waals surface area contributed by atoms with Gasteiger partial charge >= 0.3 is 6.18 Å². The molecule has 2 aromatic heterocycles. The molecule has 8 heteroatoms. The highest BCUT2D eigenvalue weighted by molar-refractivity contribution is 5.63. The van der Waals surface area contributed by atoms with Crippen LogP contribution in [0, 0.1) is 5.82 Å². The van der Waals surface area contributed by atoms with E-state index in [1.807, 2.05) is 0 Å². The average Bonchev–Trinajstić information content (AvgIpc) is 2.91. The third kappa shape index (κ3) is 2.85. The second kappa shape index (κ2) is 5.28. The molecular weight excluding hydrogens is 300 g/mol. The summed E-state index contributed by atoms with van der Waals surface area (Å²) in [6, 6.07) is 5.77. The number of nitrogens with one attached hydrogen (secondary N) is 1. The van der Waals surface area contributed by atoms with Gasteiger partial charge in [-0.15, -0.1) is 0 Å². The normalized spacial score (nSPS) is 11.8. The molecule has 0 atom stereocenters. The van der Waals surface area contributed by atoms with Crippen molar-refractivity contribution < 1.29 is 17.6 Å². The fourth-order valence-electron chi connectivity index (χ4n) is 1.97. The number of rotatable bonds is 3. The fraction of sp³-hybridized carbons (Fsp3) is 0.143. The van der Waals surface area contributed by atoms with Crippen LogP contribution in [0.25, 0.3) is 5.65 Å². The number of anilines is 1. The number of benzene rings is 1. The van der Waals surface area contributed by atoms with Gasteiger partial charge in [0.05, 0.1) is 0 Å². The van der Waals surface area contributed by atoms with E-state index in [-0.39, 0.29) is 17.3 Å². The molecule has 0 amide bonds. The monoisotopic (exact) mass is 310 g/mol. The number of imidazole rings is 1. The predicted molar refractivity (Wildman–Crippen MR) is 71.7 cm³/mol. The van der Waals surface area contributed by atoms with E-state index in [4.69, 9.17) is 0 Å². The smallest absolute Gasteiger partial charge is 0.363 e. The molecule has 0 bridgehead atoms. The zero-order valence-electron chi connectivity index (χ0n) is 11.1. The van der Waals surface area contributed by atoms with Gasteiger partial charge in [0.25, 0.3) is 0 Å². The largest absolute Gasteiger partial charge is 0.434 e. The highest BCUT2D eigenvalue weighted by Gasteiger charge is 2.34. The first-order valence-corrected chi connectivity index (χ1v) is 6.33. The Bertz CT molecular complexity index is 793. The minimum absolute atomic E-state index is 0.0805. The molecule has 1 N–H and O–H groups in total. The van der Waals surface area contributed by atoms with E-state index < -0.39 is 11.9 Å². The number of hydrogen-bond donors (Lipinski definition) is 1. The van der Waals surface area contributed by atoms with Crippen molar-refractivity contribution in [3.05, 3.63) is 59.9 Å². The van der Waals surface area contributed by atoms with Crippen LogP contribution in [0.2, 0.25) is 0 Å². The molecule has 0 radical (unpaired) electrons. The van der Waals surface area contributed by atoms with Crippen LogP contribution in [0.1, 0.15) is 11.3 Å². The van der Waals surface area contributed by atoms with Gasteiger partial charge in [-0.05, 0) is 17.7 Å². The molecule has 0 saturated heterocycles. The number of alkyl halides is 3. The second-order valence-corrected chi connectivity index (χ2v) is 4.61. The van der Waals surface area contributed by atoms with Gasteiger partial charge in [0.2, 0.25) is 0 Å². The topological polar surface area (TPSA) is 42.2 Å². The quantitative estimate of drug-likeness (QED) is 0.753. The van der Waals surface area contributed by atoms with Crippen LogP contribution < -0.4 is 5.32 Å². The van der Waals surface area contributed by atoms with Gasteiger partial charge < -0.3 is 9.72 Å². The molecule has 0 unspecified atom stereocenters. The van der Waals surface area contributed by atoms with Crippen LogP contribution >= 0.6 is 0 Å². The first kappa shape index (κ1) is 14.3. The molecule has 0 fully saturated rings. The molecule has 0 aliphatic carbocycles. The summed E-state index contributed by atoms with van der Waals surface area (Å²) in [5.41, 5.74) is -0.130. The fourth-order valence-corrected chi connectivity index (χ4v) is 1.97. The van der Waals surface area contributed by atoms with Crippen molar-refractivity contribution in [2.75, 3.05) is 5.32 Å². The van der Waals surface area contributed by atoms with Crippen molar-refractivity contribution >= 4 is 11.5 Å². The van der Waals surface area contributed by atoms with Crippen molar-refractivity contribution in [1.29, 1.82) is 0 Å². The van der Waals surface area contributed by atoms with Crippen molar-refractivity contribution in [2.24, 2.45) is 0 Å². The highest BCUT2D eigenvalue weighted by Crippen LogP contribution is 2.29. The molecule has 3 aromatic rings. The maximum atomic E-state index is 12.8. The Kier molecular flexibility index (Phi) is 3.44. The Labute approximate surface area is 122 Å². The van der Waals surface area contributed by atoms with Gasteiger partial charge in [0, 0.05) is 25.1 Å². The summed E-state index contributed by atoms with van der Waals surface area (Å²) in [5.74, 6) is -0.130. The Morgan fingerprint density at radius 1 is 1.14 bits per heavy atom. The van der Waals surface area contributed by atoms with E-state index in [0.717, 1.165) is 11.8 Å². The van der Waals surface area contributed by atoms with Crippen LogP contribution in [-0.4, -0.2) is 14.4 Å². The summed E-state index contributed by atoms with van der Waals surface area (Å²) in [7, 11) is 0. The lowest BCUT2D eigenvalue weighted by Gasteiger charge is -2.06. The molecule has 3 rings (SSSR count). The van der Waals surface area contributed by atoms with Gasteiger partial charge in [-0.25, -0.2) is 14.4 Å². The number of nitrogens with zero attached hydrogens (tertiary/aromatic N) is 3. The lowest BCUT2D eigenvalue weighted by atomic mass is 10.2.